The Morgan fingerprint density at radius 1 is 1.47 bits per heavy atom. The zero-order valence-electron chi connectivity index (χ0n) is 11.1. The predicted molar refractivity (Wildman–Crippen MR) is 79.5 cm³/mol. The molecule has 1 aliphatic heterocycles. The van der Waals surface area contributed by atoms with E-state index in [0.717, 1.165) is 37.8 Å². The van der Waals surface area contributed by atoms with Crippen molar-refractivity contribution < 1.29 is 4.74 Å². The summed E-state index contributed by atoms with van der Waals surface area (Å²) in [6.45, 7) is 4.65. The summed E-state index contributed by atoms with van der Waals surface area (Å²) in [7, 11) is 0. The van der Waals surface area contributed by atoms with E-state index >= 15 is 0 Å². The molecule has 104 valence electrons. The van der Waals surface area contributed by atoms with Gasteiger partial charge in [0.1, 0.15) is 0 Å². The third-order valence-corrected chi connectivity index (χ3v) is 4.18. The Morgan fingerprint density at radius 2 is 2.26 bits per heavy atom. The summed E-state index contributed by atoms with van der Waals surface area (Å²) >= 11 is 5.62. The van der Waals surface area contributed by atoms with Crippen molar-refractivity contribution in [2.75, 3.05) is 32.8 Å². The van der Waals surface area contributed by atoms with Crippen molar-refractivity contribution in [3.8, 4) is 0 Å². The van der Waals surface area contributed by atoms with Gasteiger partial charge in [-0.05, 0) is 25.0 Å². The van der Waals surface area contributed by atoms with Gasteiger partial charge in [-0.25, -0.2) is 0 Å². The van der Waals surface area contributed by atoms with Crippen molar-refractivity contribution in [2.24, 2.45) is 0 Å². The van der Waals surface area contributed by atoms with Gasteiger partial charge in [0.25, 0.3) is 0 Å². The lowest BCUT2D eigenvalue weighted by Crippen LogP contribution is -2.42. The average Bonchev–Trinajstić information content (AvgIpc) is 3.08. The number of morpholine rings is 1. The molecular formula is C14H21N3OS. The second-order valence-corrected chi connectivity index (χ2v) is 5.81. The van der Waals surface area contributed by atoms with E-state index in [0.29, 0.717) is 6.04 Å². The first-order valence-corrected chi connectivity index (χ1v) is 7.47. The first-order valence-electron chi connectivity index (χ1n) is 7.06. The van der Waals surface area contributed by atoms with Crippen LogP contribution < -0.4 is 5.32 Å². The predicted octanol–water partition coefficient (Wildman–Crippen LogP) is 1.51. The van der Waals surface area contributed by atoms with E-state index in [4.69, 9.17) is 17.0 Å². The SMILES string of the molecule is S=C(NC1CC1)C(CN1CCOCC1)c1ccc[nH]1. The topological polar surface area (TPSA) is 40.3 Å². The van der Waals surface area contributed by atoms with Crippen LogP contribution in [-0.2, 0) is 4.74 Å². The molecule has 2 N–H and O–H groups in total. The third-order valence-electron chi connectivity index (χ3n) is 3.78. The maximum absolute atomic E-state index is 5.62. The molecule has 1 aromatic rings. The van der Waals surface area contributed by atoms with Gasteiger partial charge in [0.15, 0.2) is 0 Å². The highest BCUT2D eigenvalue weighted by molar-refractivity contribution is 7.80. The van der Waals surface area contributed by atoms with E-state index in [-0.39, 0.29) is 5.92 Å². The van der Waals surface area contributed by atoms with Gasteiger partial charge < -0.3 is 15.0 Å². The Bertz CT molecular complexity index is 410. The maximum atomic E-state index is 5.62. The summed E-state index contributed by atoms with van der Waals surface area (Å²) in [5.41, 5.74) is 1.21. The number of H-pyrrole nitrogens is 1. The monoisotopic (exact) mass is 279 g/mol. The number of rotatable bonds is 5. The lowest BCUT2D eigenvalue weighted by atomic mass is 10.0. The van der Waals surface area contributed by atoms with Crippen molar-refractivity contribution in [3.63, 3.8) is 0 Å². The molecule has 2 heterocycles. The molecule has 1 saturated heterocycles. The van der Waals surface area contributed by atoms with Crippen LogP contribution in [0.3, 0.4) is 0 Å². The van der Waals surface area contributed by atoms with Gasteiger partial charge in [-0.2, -0.15) is 0 Å². The Kier molecular flexibility index (Phi) is 4.15. The summed E-state index contributed by atoms with van der Waals surface area (Å²) in [4.78, 5) is 6.74. The van der Waals surface area contributed by atoms with Crippen LogP contribution in [0.15, 0.2) is 18.3 Å². The molecule has 1 saturated carbocycles. The standard InChI is InChI=1S/C14H21N3OS/c19-14(16-11-3-4-11)12(13-2-1-5-15-13)10-17-6-8-18-9-7-17/h1-2,5,11-12,15H,3-4,6-10H2,(H,16,19). The van der Waals surface area contributed by atoms with Crippen molar-refractivity contribution in [2.45, 2.75) is 24.8 Å². The van der Waals surface area contributed by atoms with E-state index in [1.54, 1.807) is 0 Å². The van der Waals surface area contributed by atoms with Crippen LogP contribution in [0.1, 0.15) is 24.5 Å². The molecule has 1 aromatic heterocycles. The summed E-state index contributed by atoms with van der Waals surface area (Å²) in [5.74, 6) is 0.267. The Hall–Kier alpha value is -0.910. The van der Waals surface area contributed by atoms with Gasteiger partial charge in [0.05, 0.1) is 24.1 Å². The second-order valence-electron chi connectivity index (χ2n) is 5.37. The molecule has 0 radical (unpaired) electrons. The van der Waals surface area contributed by atoms with Crippen molar-refractivity contribution in [1.29, 1.82) is 0 Å². The fraction of sp³-hybridized carbons (Fsp3) is 0.643. The van der Waals surface area contributed by atoms with Crippen LogP contribution in [0, 0.1) is 0 Å². The molecular weight excluding hydrogens is 258 g/mol. The van der Waals surface area contributed by atoms with Crippen LogP contribution >= 0.6 is 12.2 Å². The molecule has 0 spiro atoms. The van der Waals surface area contributed by atoms with Crippen LogP contribution in [0.4, 0.5) is 0 Å². The molecule has 5 heteroatoms. The number of nitrogens with one attached hydrogen (secondary N) is 2. The van der Waals surface area contributed by atoms with Gasteiger partial charge in [-0.15, -0.1) is 0 Å². The summed E-state index contributed by atoms with van der Waals surface area (Å²) in [6, 6.07) is 4.79. The molecule has 3 rings (SSSR count). The third kappa shape index (κ3) is 3.55. The largest absolute Gasteiger partial charge is 0.379 e. The Balaban J connectivity index is 1.66. The molecule has 1 unspecified atom stereocenters. The Labute approximate surface area is 119 Å². The molecule has 19 heavy (non-hydrogen) atoms. The Morgan fingerprint density at radius 3 is 2.89 bits per heavy atom. The van der Waals surface area contributed by atoms with Crippen LogP contribution in [0.2, 0.25) is 0 Å². The molecule has 2 fully saturated rings. The van der Waals surface area contributed by atoms with Crippen molar-refractivity contribution >= 4 is 17.2 Å². The highest BCUT2D eigenvalue weighted by Crippen LogP contribution is 2.23. The van der Waals surface area contributed by atoms with Crippen LogP contribution in [0.5, 0.6) is 0 Å². The fourth-order valence-electron chi connectivity index (χ4n) is 2.45. The van der Waals surface area contributed by atoms with Crippen molar-refractivity contribution in [3.05, 3.63) is 24.0 Å². The van der Waals surface area contributed by atoms with E-state index < -0.39 is 0 Å². The highest BCUT2D eigenvalue weighted by Gasteiger charge is 2.28. The zero-order valence-corrected chi connectivity index (χ0v) is 11.9. The van der Waals surface area contributed by atoms with Gasteiger partial charge >= 0.3 is 0 Å². The van der Waals surface area contributed by atoms with E-state index in [1.807, 2.05) is 12.3 Å². The van der Waals surface area contributed by atoms with Crippen molar-refractivity contribution in [1.82, 2.24) is 15.2 Å². The molecule has 0 aromatic carbocycles. The number of aromatic amines is 1. The zero-order chi connectivity index (χ0) is 13.1. The van der Waals surface area contributed by atoms with E-state index in [1.165, 1.54) is 18.5 Å². The minimum Gasteiger partial charge on any atom is -0.379 e. The second kappa shape index (κ2) is 6.03. The quantitative estimate of drug-likeness (QED) is 0.802. The molecule has 1 aliphatic carbocycles. The van der Waals surface area contributed by atoms with Gasteiger partial charge in [0.2, 0.25) is 0 Å². The number of hydrogen-bond acceptors (Lipinski definition) is 3. The highest BCUT2D eigenvalue weighted by atomic mass is 32.1. The maximum Gasteiger partial charge on any atom is 0.0859 e. The lowest BCUT2D eigenvalue weighted by molar-refractivity contribution is 0.0372. The van der Waals surface area contributed by atoms with Crippen LogP contribution in [0.25, 0.3) is 0 Å². The number of nitrogens with zero attached hydrogens (tertiary/aromatic N) is 1. The average molecular weight is 279 g/mol. The number of ether oxygens (including phenoxy) is 1. The first-order chi connectivity index (χ1) is 9.33. The number of aromatic nitrogens is 1. The molecule has 0 bridgehead atoms. The van der Waals surface area contributed by atoms with Crippen LogP contribution in [-0.4, -0.2) is 53.8 Å². The minimum atomic E-state index is 0.267. The molecule has 2 aliphatic rings. The fourth-order valence-corrected chi connectivity index (χ4v) is 2.82. The lowest BCUT2D eigenvalue weighted by Gasteiger charge is -2.30. The molecule has 4 nitrogen and oxygen atoms in total. The first kappa shape index (κ1) is 13.1. The molecule has 0 amide bonds. The number of hydrogen-bond donors (Lipinski definition) is 2. The molecule has 1 atom stereocenters. The normalized spacial score (nSPS) is 22.1. The number of thiocarbonyl (C=S) groups is 1. The van der Waals surface area contributed by atoms with Gasteiger partial charge in [0, 0.05) is 37.6 Å². The summed E-state index contributed by atoms with van der Waals surface area (Å²) in [5, 5.41) is 3.49. The van der Waals surface area contributed by atoms with Gasteiger partial charge in [-0.1, -0.05) is 12.2 Å². The smallest absolute Gasteiger partial charge is 0.0859 e. The summed E-state index contributed by atoms with van der Waals surface area (Å²) < 4.78 is 5.41. The van der Waals surface area contributed by atoms with E-state index in [9.17, 15) is 0 Å². The summed E-state index contributed by atoms with van der Waals surface area (Å²) in [6.07, 6.45) is 4.49. The van der Waals surface area contributed by atoms with Gasteiger partial charge in [-0.3, -0.25) is 4.90 Å². The van der Waals surface area contributed by atoms with E-state index in [2.05, 4.69) is 21.3 Å². The minimum absolute atomic E-state index is 0.267.